The number of rotatable bonds is 19. The third-order valence-corrected chi connectivity index (χ3v) is 7.60. The van der Waals surface area contributed by atoms with Crippen molar-refractivity contribution in [3.8, 4) is 0 Å². The van der Waals surface area contributed by atoms with E-state index in [-0.39, 0.29) is 5.41 Å². The Morgan fingerprint density at radius 2 is 1.33 bits per heavy atom. The summed E-state index contributed by atoms with van der Waals surface area (Å²) in [6, 6.07) is 0. The zero-order valence-corrected chi connectivity index (χ0v) is 26.3. The lowest BCUT2D eigenvalue weighted by molar-refractivity contribution is -0.137. The van der Waals surface area contributed by atoms with Crippen LogP contribution in [0.2, 0.25) is 0 Å². The fraction of sp³-hybridized carbons (Fsp3) is 0.667. The van der Waals surface area contributed by atoms with E-state index in [1.807, 2.05) is 19.1 Å². The Hall–Kier alpha value is -2.16. The van der Waals surface area contributed by atoms with Gasteiger partial charge in [0.1, 0.15) is 6.29 Å². The second kappa shape index (κ2) is 23.7. The number of allylic oxidation sites excluding steroid dienone is 10. The van der Waals surface area contributed by atoms with Crippen LogP contribution in [0.25, 0.3) is 0 Å². The first-order chi connectivity index (χ1) is 18.6. The van der Waals surface area contributed by atoms with Crippen molar-refractivity contribution in [2.75, 3.05) is 0 Å². The molecule has 0 fully saturated rings. The first-order valence-electron chi connectivity index (χ1n) is 15.7. The molecular formula is C36H60O3. The lowest BCUT2D eigenvalue weighted by atomic mass is 9.72. The zero-order valence-electron chi connectivity index (χ0n) is 26.3. The third-order valence-electron chi connectivity index (χ3n) is 7.60. The van der Waals surface area contributed by atoms with Gasteiger partial charge in [-0.1, -0.05) is 139 Å². The van der Waals surface area contributed by atoms with Crippen molar-refractivity contribution >= 4 is 12.3 Å². The Bertz CT molecular complexity index is 820. The van der Waals surface area contributed by atoms with Gasteiger partial charge in [-0.15, -0.1) is 0 Å². The molecule has 0 heterocycles. The van der Waals surface area contributed by atoms with Crippen LogP contribution in [0.4, 0.5) is 0 Å². The topological polar surface area (TPSA) is 54.4 Å². The van der Waals surface area contributed by atoms with E-state index in [2.05, 4.69) is 52.8 Å². The minimum atomic E-state index is -0.655. The van der Waals surface area contributed by atoms with Gasteiger partial charge in [0.2, 0.25) is 0 Å². The predicted octanol–water partition coefficient (Wildman–Crippen LogP) is 11.3. The number of carboxylic acid groups (broad SMARTS) is 1. The van der Waals surface area contributed by atoms with E-state index in [0.29, 0.717) is 6.42 Å². The average Bonchev–Trinajstić information content (AvgIpc) is 2.86. The molecule has 1 aliphatic carbocycles. The van der Waals surface area contributed by atoms with Gasteiger partial charge in [0, 0.05) is 6.42 Å². The van der Waals surface area contributed by atoms with Crippen LogP contribution >= 0.6 is 0 Å². The highest BCUT2D eigenvalue weighted by atomic mass is 16.4. The van der Waals surface area contributed by atoms with Crippen LogP contribution in [0.1, 0.15) is 151 Å². The van der Waals surface area contributed by atoms with E-state index >= 15 is 0 Å². The molecule has 0 aromatic heterocycles. The number of carboxylic acids is 1. The molecule has 0 bridgehead atoms. The molecule has 0 aliphatic heterocycles. The van der Waals surface area contributed by atoms with Gasteiger partial charge in [-0.25, -0.2) is 0 Å². The van der Waals surface area contributed by atoms with Crippen LogP contribution < -0.4 is 0 Å². The van der Waals surface area contributed by atoms with Crippen LogP contribution in [0.15, 0.2) is 58.7 Å². The molecule has 222 valence electrons. The summed E-state index contributed by atoms with van der Waals surface area (Å²) in [4.78, 5) is 20.6. The number of aliphatic carboxylic acids is 1. The lowest BCUT2D eigenvalue weighted by Crippen LogP contribution is -2.19. The van der Waals surface area contributed by atoms with Gasteiger partial charge >= 0.3 is 5.97 Å². The lowest BCUT2D eigenvalue weighted by Gasteiger charge is -2.32. The quantitative estimate of drug-likeness (QED) is 0.0767. The monoisotopic (exact) mass is 540 g/mol. The highest BCUT2D eigenvalue weighted by Gasteiger charge is 2.26. The molecule has 0 amide bonds. The molecule has 1 N–H and O–H groups in total. The van der Waals surface area contributed by atoms with Crippen LogP contribution in [0, 0.1) is 5.41 Å². The maximum absolute atomic E-state index is 10.3. The average molecular weight is 541 g/mol. The molecule has 0 saturated carbocycles. The Balaban J connectivity index is 0.000000751. The van der Waals surface area contributed by atoms with Gasteiger partial charge in [0.05, 0.1) is 0 Å². The number of unbranched alkanes of at least 4 members (excludes halogenated alkanes) is 12. The molecule has 1 rings (SSSR count). The largest absolute Gasteiger partial charge is 0.481 e. The molecule has 0 aromatic rings. The van der Waals surface area contributed by atoms with Crippen molar-refractivity contribution < 1.29 is 14.7 Å². The van der Waals surface area contributed by atoms with Gasteiger partial charge in [0.25, 0.3) is 0 Å². The molecule has 3 nitrogen and oxygen atoms in total. The number of carbonyl (C=O) groups excluding carboxylic acids is 1. The van der Waals surface area contributed by atoms with Crippen molar-refractivity contribution in [3.05, 3.63) is 58.7 Å². The number of carbonyl (C=O) groups is 2. The molecule has 0 aromatic carbocycles. The third kappa shape index (κ3) is 21.4. The maximum atomic E-state index is 10.3. The standard InChI is InChI=1S/C20H28O.C16H32O2/c1-16(8-6-9-17(2)13-15-21)11-12-19-18(3)10-7-14-20(19,4)5;1-2-3-4-5-6-7-8-9-10-11-12-13-14-15-16(17)18/h6,8-9,11-13,15H,7,10,14H2,1-5H3;2-15H2,1H3,(H,17,18). The van der Waals surface area contributed by atoms with Gasteiger partial charge in [-0.2, -0.15) is 0 Å². The predicted molar refractivity (Wildman–Crippen MR) is 170 cm³/mol. The normalized spacial score (nSPS) is 16.1. The van der Waals surface area contributed by atoms with E-state index < -0.39 is 5.97 Å². The van der Waals surface area contributed by atoms with E-state index in [0.717, 1.165) is 24.7 Å². The number of hydrogen-bond acceptors (Lipinski definition) is 2. The molecule has 0 atom stereocenters. The van der Waals surface area contributed by atoms with Crippen LogP contribution in [0.3, 0.4) is 0 Å². The van der Waals surface area contributed by atoms with Gasteiger partial charge < -0.3 is 5.11 Å². The Kier molecular flexibility index (Phi) is 22.4. The van der Waals surface area contributed by atoms with Gasteiger partial charge in [-0.3, -0.25) is 9.59 Å². The second-order valence-corrected chi connectivity index (χ2v) is 12.0. The summed E-state index contributed by atoms with van der Waals surface area (Å²) in [6.45, 7) is 13.2. The highest BCUT2D eigenvalue weighted by Crippen LogP contribution is 2.40. The van der Waals surface area contributed by atoms with Crippen LogP contribution in [-0.2, 0) is 9.59 Å². The first kappa shape index (κ1) is 36.8. The fourth-order valence-electron chi connectivity index (χ4n) is 5.09. The smallest absolute Gasteiger partial charge is 0.303 e. The van der Waals surface area contributed by atoms with Crippen molar-refractivity contribution in [1.82, 2.24) is 0 Å². The van der Waals surface area contributed by atoms with Crippen molar-refractivity contribution in [1.29, 1.82) is 0 Å². The summed E-state index contributed by atoms with van der Waals surface area (Å²) in [7, 11) is 0. The van der Waals surface area contributed by atoms with E-state index in [1.54, 1.807) is 6.08 Å². The Labute approximate surface area is 241 Å². The van der Waals surface area contributed by atoms with Crippen LogP contribution in [-0.4, -0.2) is 17.4 Å². The molecule has 39 heavy (non-hydrogen) atoms. The van der Waals surface area contributed by atoms with Gasteiger partial charge in [0.15, 0.2) is 0 Å². The zero-order chi connectivity index (χ0) is 29.4. The van der Waals surface area contributed by atoms with E-state index in [9.17, 15) is 9.59 Å². The summed E-state index contributed by atoms with van der Waals surface area (Å²) in [6.07, 6.45) is 33.9. The molecular weight excluding hydrogens is 480 g/mol. The van der Waals surface area contributed by atoms with E-state index in [4.69, 9.17) is 5.11 Å². The molecule has 0 spiro atoms. The van der Waals surface area contributed by atoms with Crippen LogP contribution in [0.5, 0.6) is 0 Å². The number of hydrogen-bond donors (Lipinski definition) is 1. The second-order valence-electron chi connectivity index (χ2n) is 12.0. The molecule has 1 aliphatic rings. The summed E-state index contributed by atoms with van der Waals surface area (Å²) in [5.41, 5.74) is 5.48. The van der Waals surface area contributed by atoms with Crippen molar-refractivity contribution in [2.24, 2.45) is 5.41 Å². The van der Waals surface area contributed by atoms with E-state index in [1.165, 1.54) is 107 Å². The molecule has 0 saturated heterocycles. The molecule has 0 radical (unpaired) electrons. The number of aldehydes is 1. The molecule has 3 heteroatoms. The fourth-order valence-corrected chi connectivity index (χ4v) is 5.09. The molecule has 0 unspecified atom stereocenters. The van der Waals surface area contributed by atoms with Crippen molar-refractivity contribution in [2.45, 2.75) is 151 Å². The van der Waals surface area contributed by atoms with Gasteiger partial charge in [-0.05, 0) is 69.1 Å². The van der Waals surface area contributed by atoms with Crippen molar-refractivity contribution in [3.63, 3.8) is 0 Å². The highest BCUT2D eigenvalue weighted by molar-refractivity contribution is 5.67. The summed E-state index contributed by atoms with van der Waals surface area (Å²) in [5, 5.41) is 8.49. The summed E-state index contributed by atoms with van der Waals surface area (Å²) in [5.74, 6) is -0.655. The summed E-state index contributed by atoms with van der Waals surface area (Å²) < 4.78 is 0. The minimum absolute atomic E-state index is 0.290. The Morgan fingerprint density at radius 3 is 1.82 bits per heavy atom. The summed E-state index contributed by atoms with van der Waals surface area (Å²) >= 11 is 0. The first-order valence-corrected chi connectivity index (χ1v) is 15.7. The minimum Gasteiger partial charge on any atom is -0.481 e. The Morgan fingerprint density at radius 1 is 0.821 bits per heavy atom. The maximum Gasteiger partial charge on any atom is 0.303 e. The SMILES string of the molecule is CC(C=CC=C(C)C=CC1=C(C)CCCC1(C)C)=CC=O.CCCCCCCCCCCCCCCC(=O)O.